The Bertz CT molecular complexity index is 416. The molecular formula is C15H32O6PS+. The number of hydrogen-bond donors (Lipinski definition) is 0. The smallest absolute Gasteiger partial charge is 0.270 e. The van der Waals surface area contributed by atoms with Crippen molar-refractivity contribution in [3.8, 4) is 0 Å². The summed E-state index contributed by atoms with van der Waals surface area (Å²) >= 11 is 0. The summed E-state index contributed by atoms with van der Waals surface area (Å²) in [7, 11) is -5.31. The van der Waals surface area contributed by atoms with Gasteiger partial charge in [-0.2, -0.15) is 8.42 Å². The summed E-state index contributed by atoms with van der Waals surface area (Å²) in [4.78, 5) is 0. The Kier molecular flexibility index (Phi) is 12.3. The van der Waals surface area contributed by atoms with Crippen LogP contribution >= 0.6 is 8.25 Å². The minimum absolute atomic E-state index is 0.283. The minimum Gasteiger partial charge on any atom is -0.270 e. The van der Waals surface area contributed by atoms with Gasteiger partial charge in [-0.1, -0.05) is 38.5 Å². The van der Waals surface area contributed by atoms with E-state index in [1.54, 1.807) is 0 Å². The third-order valence-electron chi connectivity index (χ3n) is 2.88. The predicted molar refractivity (Wildman–Crippen MR) is 92.1 cm³/mol. The maximum Gasteiger partial charge on any atom is 0.697 e. The van der Waals surface area contributed by atoms with Crippen molar-refractivity contribution in [3.05, 3.63) is 0 Å². The van der Waals surface area contributed by atoms with E-state index in [9.17, 15) is 13.0 Å². The molecule has 0 aromatic heterocycles. The largest absolute Gasteiger partial charge is 0.697 e. The van der Waals surface area contributed by atoms with Crippen molar-refractivity contribution in [2.75, 3.05) is 19.5 Å². The van der Waals surface area contributed by atoms with Crippen LogP contribution in [0.2, 0.25) is 0 Å². The van der Waals surface area contributed by atoms with Crippen LogP contribution in [0.3, 0.4) is 0 Å². The molecule has 1 atom stereocenters. The van der Waals surface area contributed by atoms with Gasteiger partial charge in [-0.3, -0.25) is 4.18 Å². The van der Waals surface area contributed by atoms with E-state index in [1.165, 1.54) is 0 Å². The highest BCUT2D eigenvalue weighted by atomic mass is 32.2. The van der Waals surface area contributed by atoms with Crippen LogP contribution in [0.25, 0.3) is 0 Å². The summed E-state index contributed by atoms with van der Waals surface area (Å²) in [6.07, 6.45) is 9.29. The molecule has 0 rings (SSSR count). The van der Waals surface area contributed by atoms with Gasteiger partial charge >= 0.3 is 8.25 Å². The summed E-state index contributed by atoms with van der Waals surface area (Å²) in [5.41, 5.74) is -0.445. The van der Waals surface area contributed by atoms with Crippen LogP contribution in [0.5, 0.6) is 0 Å². The molecule has 138 valence electrons. The highest BCUT2D eigenvalue weighted by Gasteiger charge is 2.29. The van der Waals surface area contributed by atoms with Gasteiger partial charge in [0.2, 0.25) is 0 Å². The van der Waals surface area contributed by atoms with Gasteiger partial charge in [-0.15, -0.1) is 9.05 Å². The molecule has 0 radical (unpaired) electrons. The molecule has 0 saturated heterocycles. The Balaban J connectivity index is 3.27. The van der Waals surface area contributed by atoms with Crippen molar-refractivity contribution in [1.29, 1.82) is 0 Å². The summed E-state index contributed by atoms with van der Waals surface area (Å²) < 4.78 is 47.9. The van der Waals surface area contributed by atoms with E-state index in [-0.39, 0.29) is 6.61 Å². The summed E-state index contributed by atoms with van der Waals surface area (Å²) in [6, 6.07) is 0. The molecule has 0 aromatic carbocycles. The third-order valence-corrected chi connectivity index (χ3v) is 4.57. The zero-order valence-electron chi connectivity index (χ0n) is 14.9. The lowest BCUT2D eigenvalue weighted by Gasteiger charge is -2.07. The van der Waals surface area contributed by atoms with Gasteiger partial charge in [-0.05, 0) is 33.6 Å². The first-order chi connectivity index (χ1) is 10.6. The second kappa shape index (κ2) is 12.3. The van der Waals surface area contributed by atoms with Gasteiger partial charge < -0.3 is 0 Å². The summed E-state index contributed by atoms with van der Waals surface area (Å²) in [5.74, 6) is 0. The number of rotatable bonds is 14. The van der Waals surface area contributed by atoms with Crippen LogP contribution in [0.4, 0.5) is 0 Å². The standard InChI is InChI=1S/C15H32O6PS/c1-15(2,3)21-22(16)19-13-11-9-7-5-6-8-10-12-14-20-23(4,17)18/h5-14H2,1-4H3/q+1. The van der Waals surface area contributed by atoms with E-state index in [0.717, 1.165) is 57.6 Å². The molecule has 0 aliphatic rings. The Labute approximate surface area is 142 Å². The van der Waals surface area contributed by atoms with Gasteiger partial charge in [0.15, 0.2) is 0 Å². The third kappa shape index (κ3) is 19.9. The van der Waals surface area contributed by atoms with Crippen molar-refractivity contribution in [1.82, 2.24) is 0 Å². The van der Waals surface area contributed by atoms with Crippen LogP contribution in [-0.2, 0) is 27.9 Å². The molecule has 8 heteroatoms. The minimum atomic E-state index is -3.29. The zero-order valence-corrected chi connectivity index (χ0v) is 16.6. The number of hydrogen-bond acceptors (Lipinski definition) is 6. The molecule has 0 spiro atoms. The van der Waals surface area contributed by atoms with E-state index in [2.05, 4.69) is 4.18 Å². The maximum absolute atomic E-state index is 11.4. The first-order valence-corrected chi connectivity index (χ1v) is 11.1. The Morgan fingerprint density at radius 3 is 1.70 bits per heavy atom. The van der Waals surface area contributed by atoms with E-state index in [1.807, 2.05) is 20.8 Å². The van der Waals surface area contributed by atoms with Gasteiger partial charge in [0.05, 0.1) is 12.9 Å². The van der Waals surface area contributed by atoms with Gasteiger partial charge in [0.25, 0.3) is 10.1 Å². The van der Waals surface area contributed by atoms with Crippen LogP contribution < -0.4 is 0 Å². The van der Waals surface area contributed by atoms with E-state index >= 15 is 0 Å². The molecule has 0 saturated carbocycles. The fourth-order valence-electron chi connectivity index (χ4n) is 1.86. The van der Waals surface area contributed by atoms with E-state index in [0.29, 0.717) is 6.61 Å². The molecular weight excluding hydrogens is 339 g/mol. The first-order valence-electron chi connectivity index (χ1n) is 8.24. The van der Waals surface area contributed by atoms with Crippen molar-refractivity contribution < 1.29 is 26.2 Å². The van der Waals surface area contributed by atoms with Gasteiger partial charge in [0, 0.05) is 4.57 Å². The Morgan fingerprint density at radius 1 is 0.826 bits per heavy atom. The highest BCUT2D eigenvalue weighted by Crippen LogP contribution is 2.31. The average molecular weight is 371 g/mol. The normalized spacial score (nSPS) is 13.3. The monoisotopic (exact) mass is 371 g/mol. The van der Waals surface area contributed by atoms with Gasteiger partial charge in [0.1, 0.15) is 12.2 Å². The van der Waals surface area contributed by atoms with Crippen LogP contribution in [-0.4, -0.2) is 33.5 Å². The predicted octanol–water partition coefficient (Wildman–Crippen LogP) is 4.57. The molecule has 6 nitrogen and oxygen atoms in total. The number of unbranched alkanes of at least 4 members (excludes halogenated alkanes) is 7. The molecule has 23 heavy (non-hydrogen) atoms. The second-order valence-corrected chi connectivity index (χ2v) is 9.15. The fourth-order valence-corrected chi connectivity index (χ4v) is 3.06. The van der Waals surface area contributed by atoms with Crippen LogP contribution in [0, 0.1) is 0 Å². The molecule has 0 N–H and O–H groups in total. The van der Waals surface area contributed by atoms with Gasteiger partial charge in [-0.25, -0.2) is 0 Å². The maximum atomic E-state index is 11.4. The van der Waals surface area contributed by atoms with Crippen molar-refractivity contribution >= 4 is 18.4 Å². The zero-order chi connectivity index (χ0) is 17.8. The molecule has 0 fully saturated rings. The topological polar surface area (TPSA) is 78.9 Å². The molecule has 0 aliphatic carbocycles. The van der Waals surface area contributed by atoms with Crippen molar-refractivity contribution in [3.63, 3.8) is 0 Å². The lowest BCUT2D eigenvalue weighted by Crippen LogP contribution is -2.15. The first kappa shape index (κ1) is 22.9. The van der Waals surface area contributed by atoms with E-state index < -0.39 is 24.0 Å². The molecule has 0 amide bonds. The summed E-state index contributed by atoms with van der Waals surface area (Å²) in [5, 5.41) is 0. The molecule has 1 unspecified atom stereocenters. The van der Waals surface area contributed by atoms with Crippen LogP contribution in [0.15, 0.2) is 0 Å². The quantitative estimate of drug-likeness (QED) is 0.253. The summed E-state index contributed by atoms with van der Waals surface area (Å²) in [6.45, 7) is 6.28. The van der Waals surface area contributed by atoms with Crippen molar-refractivity contribution in [2.24, 2.45) is 0 Å². The molecule has 0 heterocycles. The fraction of sp³-hybridized carbons (Fsp3) is 1.00. The lowest BCUT2D eigenvalue weighted by atomic mass is 10.1. The van der Waals surface area contributed by atoms with Crippen molar-refractivity contribution in [2.45, 2.75) is 77.7 Å². The molecule has 0 aliphatic heterocycles. The molecule has 0 aromatic rings. The Morgan fingerprint density at radius 2 is 1.26 bits per heavy atom. The second-order valence-electron chi connectivity index (χ2n) is 6.62. The van der Waals surface area contributed by atoms with Crippen LogP contribution in [0.1, 0.15) is 72.1 Å². The SMILES string of the molecule is CC(C)(C)O[P+](=O)OCCCCCCCCCCOS(C)(=O)=O. The van der Waals surface area contributed by atoms with E-state index in [4.69, 9.17) is 9.05 Å². The Hall–Kier alpha value is -0.0700. The molecule has 0 bridgehead atoms. The highest BCUT2D eigenvalue weighted by molar-refractivity contribution is 7.85. The average Bonchev–Trinajstić information content (AvgIpc) is 2.36. The lowest BCUT2D eigenvalue weighted by molar-refractivity contribution is 0.107.